The minimum absolute atomic E-state index is 0.122. The second kappa shape index (κ2) is 7.27. The van der Waals surface area contributed by atoms with Crippen molar-refractivity contribution in [3.63, 3.8) is 0 Å². The van der Waals surface area contributed by atoms with Gasteiger partial charge in [0.25, 0.3) is 0 Å². The fourth-order valence-electron chi connectivity index (χ4n) is 1.35. The minimum Gasteiger partial charge on any atom is -0.476 e. The second-order valence-corrected chi connectivity index (χ2v) is 3.67. The zero-order valence-electron chi connectivity index (χ0n) is 11.0. The lowest BCUT2D eigenvalue weighted by molar-refractivity contribution is -0.134. The summed E-state index contributed by atoms with van der Waals surface area (Å²) in [5, 5.41) is 10.9. The summed E-state index contributed by atoms with van der Waals surface area (Å²) in [6, 6.07) is 0. The topological polar surface area (TPSA) is 87.5 Å². The van der Waals surface area contributed by atoms with E-state index in [9.17, 15) is 13.6 Å². The van der Waals surface area contributed by atoms with Gasteiger partial charge in [-0.05, 0) is 12.8 Å². The largest absolute Gasteiger partial charge is 0.476 e. The van der Waals surface area contributed by atoms with Crippen molar-refractivity contribution in [2.45, 2.75) is 26.7 Å². The molecule has 0 aliphatic carbocycles. The van der Waals surface area contributed by atoms with Gasteiger partial charge in [-0.3, -0.25) is 0 Å². The van der Waals surface area contributed by atoms with Crippen LogP contribution in [0.25, 0.3) is 0 Å². The Hall–Kier alpha value is -2.38. The van der Waals surface area contributed by atoms with Crippen molar-refractivity contribution in [1.29, 1.82) is 0 Å². The van der Waals surface area contributed by atoms with Crippen LogP contribution in [0.4, 0.5) is 14.6 Å². The van der Waals surface area contributed by atoms with Crippen molar-refractivity contribution >= 4 is 18.1 Å². The number of rotatable bonds is 6. The first-order chi connectivity index (χ1) is 9.51. The van der Waals surface area contributed by atoms with Crippen LogP contribution in [0, 0.1) is 5.82 Å². The van der Waals surface area contributed by atoms with E-state index in [2.05, 4.69) is 20.3 Å². The maximum absolute atomic E-state index is 13.7. The van der Waals surface area contributed by atoms with Gasteiger partial charge in [0, 0.05) is 0 Å². The molecule has 1 aromatic rings. The van der Waals surface area contributed by atoms with Gasteiger partial charge in [0.2, 0.25) is 5.83 Å². The van der Waals surface area contributed by atoms with Crippen molar-refractivity contribution < 1.29 is 18.7 Å². The van der Waals surface area contributed by atoms with Crippen molar-refractivity contribution in [2.24, 2.45) is 4.99 Å². The maximum Gasteiger partial charge on any atom is 0.366 e. The van der Waals surface area contributed by atoms with Crippen molar-refractivity contribution in [2.75, 3.05) is 0 Å². The number of carbonyl (C=O) groups is 1. The fourth-order valence-corrected chi connectivity index (χ4v) is 1.35. The number of aliphatic imine (C=N–C) groups is 1. The highest BCUT2D eigenvalue weighted by molar-refractivity contribution is 5.85. The van der Waals surface area contributed by atoms with Crippen LogP contribution in [0.15, 0.2) is 22.8 Å². The van der Waals surface area contributed by atoms with Gasteiger partial charge < -0.3 is 10.4 Å². The zero-order chi connectivity index (χ0) is 15.1. The Labute approximate surface area is 114 Å². The Balaban J connectivity index is 2.89. The van der Waals surface area contributed by atoms with Crippen LogP contribution in [0.3, 0.4) is 0 Å². The number of halogens is 2. The van der Waals surface area contributed by atoms with Crippen molar-refractivity contribution in [3.05, 3.63) is 29.4 Å². The summed E-state index contributed by atoms with van der Waals surface area (Å²) in [5.74, 6) is -3.84. The van der Waals surface area contributed by atoms with Crippen LogP contribution >= 0.6 is 0 Å². The summed E-state index contributed by atoms with van der Waals surface area (Å²) in [5.41, 5.74) is 0.0570. The third-order valence-electron chi connectivity index (χ3n) is 2.41. The van der Waals surface area contributed by atoms with Crippen LogP contribution in [0.1, 0.15) is 26.0 Å². The molecule has 0 aliphatic rings. The molecule has 0 radical (unpaired) electrons. The van der Waals surface area contributed by atoms with E-state index < -0.39 is 17.6 Å². The Bertz CT molecular complexity index is 558. The molecule has 0 spiro atoms. The number of hydrogen-bond donors (Lipinski definition) is 2. The summed E-state index contributed by atoms with van der Waals surface area (Å²) in [7, 11) is 0. The monoisotopic (exact) mass is 284 g/mol. The maximum atomic E-state index is 13.7. The molecule has 1 heterocycles. The number of aliphatic carboxylic acids is 1. The van der Waals surface area contributed by atoms with Gasteiger partial charge in [-0.25, -0.2) is 24.1 Å². The standard InChI is InChI=1S/C12H14F2N4O2/c1-3-7-9(13)11(17-5-15-7)18-6-16-8(4-2)10(14)12(19)20/h5-6H,3-4H2,1-2H3,(H,19,20)(H,15,16,17,18)/b10-8+. The molecular weight excluding hydrogens is 270 g/mol. The molecule has 20 heavy (non-hydrogen) atoms. The lowest BCUT2D eigenvalue weighted by Gasteiger charge is -2.04. The van der Waals surface area contributed by atoms with E-state index in [1.54, 1.807) is 13.8 Å². The van der Waals surface area contributed by atoms with E-state index in [1.807, 2.05) is 0 Å². The molecule has 0 aromatic carbocycles. The molecule has 1 aromatic heterocycles. The first kappa shape index (κ1) is 15.7. The average Bonchev–Trinajstić information content (AvgIpc) is 2.44. The molecule has 6 nitrogen and oxygen atoms in total. The van der Waals surface area contributed by atoms with Crippen LogP contribution in [-0.2, 0) is 11.2 Å². The Morgan fingerprint density at radius 1 is 1.50 bits per heavy atom. The summed E-state index contributed by atoms with van der Waals surface area (Å²) < 4.78 is 26.9. The predicted octanol–water partition coefficient (Wildman–Crippen LogP) is 2.10. The zero-order valence-corrected chi connectivity index (χ0v) is 11.0. The fraction of sp³-hybridized carbons (Fsp3) is 0.333. The van der Waals surface area contributed by atoms with E-state index in [0.29, 0.717) is 6.42 Å². The highest BCUT2D eigenvalue weighted by Crippen LogP contribution is 2.15. The SMILES string of the molecule is CC/C(NC=Nc1ncnc(CC)c1F)=C(\F)C(=O)O. The lowest BCUT2D eigenvalue weighted by Crippen LogP contribution is -2.14. The number of carboxylic acids is 1. The first-order valence-corrected chi connectivity index (χ1v) is 5.91. The quantitative estimate of drug-likeness (QED) is 0.474. The number of carboxylic acid groups (broad SMARTS) is 1. The number of hydrogen-bond acceptors (Lipinski definition) is 4. The molecule has 0 amide bonds. The van der Waals surface area contributed by atoms with Crippen LogP contribution in [0.2, 0.25) is 0 Å². The molecule has 0 saturated heterocycles. The van der Waals surface area contributed by atoms with Crippen LogP contribution < -0.4 is 5.32 Å². The van der Waals surface area contributed by atoms with E-state index in [0.717, 1.165) is 6.34 Å². The summed E-state index contributed by atoms with van der Waals surface area (Å²) in [4.78, 5) is 21.5. The van der Waals surface area contributed by atoms with Crippen molar-refractivity contribution in [1.82, 2.24) is 15.3 Å². The van der Waals surface area contributed by atoms with Gasteiger partial charge in [-0.2, -0.15) is 4.39 Å². The molecule has 8 heteroatoms. The lowest BCUT2D eigenvalue weighted by atomic mass is 10.3. The molecular formula is C12H14F2N4O2. The van der Waals surface area contributed by atoms with Gasteiger partial charge in [-0.15, -0.1) is 0 Å². The predicted molar refractivity (Wildman–Crippen MR) is 68.7 cm³/mol. The van der Waals surface area contributed by atoms with Gasteiger partial charge in [-0.1, -0.05) is 13.8 Å². The highest BCUT2D eigenvalue weighted by atomic mass is 19.1. The van der Waals surface area contributed by atoms with Gasteiger partial charge >= 0.3 is 5.97 Å². The van der Waals surface area contributed by atoms with E-state index in [1.165, 1.54) is 6.33 Å². The summed E-state index contributed by atoms with van der Waals surface area (Å²) >= 11 is 0. The van der Waals surface area contributed by atoms with Gasteiger partial charge in [0.15, 0.2) is 11.6 Å². The van der Waals surface area contributed by atoms with Crippen LogP contribution in [-0.4, -0.2) is 27.4 Å². The Morgan fingerprint density at radius 3 is 2.75 bits per heavy atom. The van der Waals surface area contributed by atoms with Gasteiger partial charge in [0.1, 0.15) is 6.33 Å². The summed E-state index contributed by atoms with van der Waals surface area (Å²) in [6.07, 6.45) is 2.67. The Kier molecular flexibility index (Phi) is 5.70. The molecule has 108 valence electrons. The first-order valence-electron chi connectivity index (χ1n) is 5.91. The number of aromatic nitrogens is 2. The molecule has 0 bridgehead atoms. The molecule has 0 unspecified atom stereocenters. The molecule has 0 saturated carbocycles. The second-order valence-electron chi connectivity index (χ2n) is 3.67. The molecule has 0 aliphatic heterocycles. The minimum atomic E-state index is -1.68. The summed E-state index contributed by atoms with van der Waals surface area (Å²) in [6.45, 7) is 3.30. The normalized spacial score (nSPS) is 12.4. The number of allylic oxidation sites excluding steroid dienone is 1. The molecule has 1 rings (SSSR count). The highest BCUT2D eigenvalue weighted by Gasteiger charge is 2.12. The van der Waals surface area contributed by atoms with Crippen LogP contribution in [0.5, 0.6) is 0 Å². The molecule has 2 N–H and O–H groups in total. The average molecular weight is 284 g/mol. The van der Waals surface area contributed by atoms with Crippen molar-refractivity contribution in [3.8, 4) is 0 Å². The smallest absolute Gasteiger partial charge is 0.366 e. The van der Waals surface area contributed by atoms with E-state index in [-0.39, 0.29) is 23.6 Å². The van der Waals surface area contributed by atoms with Gasteiger partial charge in [0.05, 0.1) is 17.7 Å². The van der Waals surface area contributed by atoms with E-state index in [4.69, 9.17) is 5.11 Å². The number of nitrogens with one attached hydrogen (secondary N) is 1. The van der Waals surface area contributed by atoms with E-state index >= 15 is 0 Å². The molecule has 0 atom stereocenters. The molecule has 0 fully saturated rings. The number of nitrogens with zero attached hydrogens (tertiary/aromatic N) is 3. The third kappa shape index (κ3) is 3.81. The Morgan fingerprint density at radius 2 is 2.20 bits per heavy atom. The third-order valence-corrected chi connectivity index (χ3v) is 2.41. The number of aryl methyl sites for hydroxylation is 1.